The third kappa shape index (κ3) is 3.81. The van der Waals surface area contributed by atoms with Crippen LogP contribution in [0.25, 0.3) is 28.0 Å². The highest BCUT2D eigenvalue weighted by Gasteiger charge is 2.41. The number of methoxy groups -OCH3 is 2. The van der Waals surface area contributed by atoms with E-state index in [9.17, 15) is 0 Å². The van der Waals surface area contributed by atoms with Gasteiger partial charge in [-0.05, 0) is 69.6 Å². The van der Waals surface area contributed by atoms with Gasteiger partial charge in [0.25, 0.3) is 0 Å². The minimum atomic E-state index is -0.804. The van der Waals surface area contributed by atoms with E-state index in [4.69, 9.17) is 14.2 Å². The van der Waals surface area contributed by atoms with Gasteiger partial charge in [-0.1, -0.05) is 103 Å². The highest BCUT2D eigenvalue weighted by molar-refractivity contribution is 6.06. The van der Waals surface area contributed by atoms with Gasteiger partial charge in [-0.25, -0.2) is 0 Å². The molecule has 6 aromatic carbocycles. The summed E-state index contributed by atoms with van der Waals surface area (Å²) in [5.74, 6) is 2.65. The Hall–Kier alpha value is -5.28. The Bertz CT molecular complexity index is 2020. The summed E-state index contributed by atoms with van der Waals surface area (Å²) >= 11 is 0. The van der Waals surface area contributed by atoms with Crippen LogP contribution in [-0.4, -0.2) is 14.2 Å². The van der Waals surface area contributed by atoms with Crippen LogP contribution in [0.5, 0.6) is 17.2 Å². The first-order valence-electron chi connectivity index (χ1n) is 14.6. The van der Waals surface area contributed by atoms with Gasteiger partial charge in [0.1, 0.15) is 17.2 Å². The van der Waals surface area contributed by atoms with E-state index in [1.54, 1.807) is 14.2 Å². The first kappa shape index (κ1) is 25.4. The van der Waals surface area contributed by atoms with Gasteiger partial charge in [-0.2, -0.15) is 0 Å². The van der Waals surface area contributed by atoms with E-state index in [0.29, 0.717) is 0 Å². The molecule has 2 unspecified atom stereocenters. The fourth-order valence-electron chi connectivity index (χ4n) is 7.01. The summed E-state index contributed by atoms with van der Waals surface area (Å²) in [5.41, 5.74) is 8.74. The van der Waals surface area contributed by atoms with Crippen LogP contribution in [0.4, 0.5) is 0 Å². The van der Waals surface area contributed by atoms with Crippen LogP contribution >= 0.6 is 0 Å². The van der Waals surface area contributed by atoms with Crippen LogP contribution in [-0.2, 0) is 5.60 Å². The van der Waals surface area contributed by atoms with Gasteiger partial charge in [0.05, 0.1) is 14.2 Å². The zero-order chi connectivity index (χ0) is 29.0. The number of fused-ring (bicyclic) bond motifs is 8. The van der Waals surface area contributed by atoms with Crippen LogP contribution in [0, 0.1) is 0 Å². The van der Waals surface area contributed by atoms with Crippen molar-refractivity contribution in [2.75, 3.05) is 14.2 Å². The summed E-state index contributed by atoms with van der Waals surface area (Å²) in [6.45, 7) is 0. The molecule has 0 N–H and O–H groups in total. The van der Waals surface area contributed by atoms with E-state index in [2.05, 4.69) is 115 Å². The van der Waals surface area contributed by atoms with Gasteiger partial charge in [-0.3, -0.25) is 0 Å². The molecule has 3 nitrogen and oxygen atoms in total. The first-order valence-corrected chi connectivity index (χ1v) is 14.6. The summed E-state index contributed by atoms with van der Waals surface area (Å²) < 4.78 is 18.5. The van der Waals surface area contributed by atoms with E-state index in [-0.39, 0.29) is 5.92 Å². The summed E-state index contributed by atoms with van der Waals surface area (Å²) in [5, 5.41) is 2.31. The molecule has 43 heavy (non-hydrogen) atoms. The Morgan fingerprint density at radius 2 is 1.33 bits per heavy atom. The van der Waals surface area contributed by atoms with E-state index in [1.165, 1.54) is 33.2 Å². The molecular weight excluding hydrogens is 528 g/mol. The fourth-order valence-corrected chi connectivity index (χ4v) is 7.01. The lowest BCUT2D eigenvalue weighted by molar-refractivity contribution is 0.163. The molecule has 2 aliphatic rings. The van der Waals surface area contributed by atoms with Crippen LogP contribution in [0.2, 0.25) is 0 Å². The highest BCUT2D eigenvalue weighted by atomic mass is 16.5. The lowest BCUT2D eigenvalue weighted by atomic mass is 9.81. The summed E-state index contributed by atoms with van der Waals surface area (Å²) in [6.07, 6.45) is 4.51. The molecule has 1 heterocycles. The largest absolute Gasteiger partial charge is 0.497 e. The zero-order valence-electron chi connectivity index (χ0n) is 24.1. The summed E-state index contributed by atoms with van der Waals surface area (Å²) in [7, 11) is 3.42. The average Bonchev–Trinajstić information content (AvgIpc) is 3.44. The van der Waals surface area contributed by atoms with Crippen molar-refractivity contribution in [3.05, 3.63) is 167 Å². The second-order valence-corrected chi connectivity index (χ2v) is 11.1. The van der Waals surface area contributed by atoms with Crippen molar-refractivity contribution in [3.8, 4) is 28.4 Å². The lowest BCUT2D eigenvalue weighted by Gasteiger charge is -2.37. The third-order valence-electron chi connectivity index (χ3n) is 8.97. The molecule has 2 atom stereocenters. The molecule has 1 aliphatic carbocycles. The Labute approximate surface area is 251 Å². The first-order chi connectivity index (χ1) is 21.2. The standard InChI is InChI=1S/C40H30O3/c1-41-29-21-19-28(20-22-29)40(27-12-4-3-5-13-27)24-23-35-37-32-16-7-6-15-31(32)36(26-11-10-14-30(25-26)42-2)38(37)33-17-8-9-18-34(33)39(35)43-40/h3-25,36H,1-2H3. The van der Waals surface area contributed by atoms with E-state index in [0.717, 1.165) is 39.3 Å². The van der Waals surface area contributed by atoms with E-state index >= 15 is 0 Å². The summed E-state index contributed by atoms with van der Waals surface area (Å²) in [4.78, 5) is 0. The Balaban J connectivity index is 1.42. The molecule has 1 aliphatic heterocycles. The molecule has 0 saturated heterocycles. The number of benzene rings is 6. The molecule has 0 amide bonds. The molecule has 0 spiro atoms. The number of hydrogen-bond donors (Lipinski definition) is 0. The van der Waals surface area contributed by atoms with Crippen LogP contribution in [0.15, 0.2) is 133 Å². The molecule has 6 aromatic rings. The zero-order valence-corrected chi connectivity index (χ0v) is 24.1. The molecule has 0 fully saturated rings. The van der Waals surface area contributed by atoms with Crippen molar-refractivity contribution in [2.24, 2.45) is 0 Å². The number of rotatable bonds is 5. The maximum Gasteiger partial charge on any atom is 0.178 e. The minimum absolute atomic E-state index is 0.0762. The monoisotopic (exact) mass is 558 g/mol. The average molecular weight is 559 g/mol. The summed E-state index contributed by atoms with van der Waals surface area (Å²) in [6, 6.07) is 44.6. The molecule has 8 rings (SSSR count). The number of hydrogen-bond acceptors (Lipinski definition) is 3. The molecule has 0 aromatic heterocycles. The van der Waals surface area contributed by atoms with Crippen molar-refractivity contribution >= 4 is 16.8 Å². The fraction of sp³-hybridized carbons (Fsp3) is 0.100. The second-order valence-electron chi connectivity index (χ2n) is 11.1. The Morgan fingerprint density at radius 1 is 0.628 bits per heavy atom. The lowest BCUT2D eigenvalue weighted by Crippen LogP contribution is -2.34. The predicted octanol–water partition coefficient (Wildman–Crippen LogP) is 9.37. The van der Waals surface area contributed by atoms with Crippen molar-refractivity contribution in [2.45, 2.75) is 11.5 Å². The van der Waals surface area contributed by atoms with Gasteiger partial charge < -0.3 is 14.2 Å². The predicted molar refractivity (Wildman–Crippen MR) is 173 cm³/mol. The van der Waals surface area contributed by atoms with Crippen LogP contribution in [0.3, 0.4) is 0 Å². The maximum absolute atomic E-state index is 7.35. The third-order valence-corrected chi connectivity index (χ3v) is 8.97. The molecule has 0 saturated carbocycles. The van der Waals surface area contributed by atoms with Gasteiger partial charge in [0.15, 0.2) is 5.60 Å². The Morgan fingerprint density at radius 3 is 2.12 bits per heavy atom. The van der Waals surface area contributed by atoms with Crippen molar-refractivity contribution in [3.63, 3.8) is 0 Å². The van der Waals surface area contributed by atoms with Crippen molar-refractivity contribution < 1.29 is 14.2 Å². The Kier molecular flexibility index (Phi) is 5.87. The minimum Gasteiger partial charge on any atom is -0.497 e. The topological polar surface area (TPSA) is 27.7 Å². The smallest absolute Gasteiger partial charge is 0.178 e. The molecule has 0 radical (unpaired) electrons. The number of ether oxygens (including phenoxy) is 3. The van der Waals surface area contributed by atoms with Gasteiger partial charge in [0, 0.05) is 28.0 Å². The van der Waals surface area contributed by atoms with Gasteiger partial charge in [-0.15, -0.1) is 0 Å². The molecule has 208 valence electrons. The van der Waals surface area contributed by atoms with Gasteiger partial charge >= 0.3 is 0 Å². The highest BCUT2D eigenvalue weighted by Crippen LogP contribution is 2.57. The molecule has 3 heteroatoms. The van der Waals surface area contributed by atoms with E-state index < -0.39 is 5.60 Å². The molecule has 0 bridgehead atoms. The van der Waals surface area contributed by atoms with Crippen LogP contribution < -0.4 is 14.2 Å². The quantitative estimate of drug-likeness (QED) is 0.211. The molecular formula is C40H30O3. The maximum atomic E-state index is 7.35. The SMILES string of the molecule is COc1ccc(C2(c3ccccc3)C=Cc3c4c(c5ccccc5c3O2)C(c2cccc(OC)c2)c2ccccc2-4)cc1. The van der Waals surface area contributed by atoms with Crippen molar-refractivity contribution in [1.29, 1.82) is 0 Å². The van der Waals surface area contributed by atoms with Crippen molar-refractivity contribution in [1.82, 2.24) is 0 Å². The normalized spacial score (nSPS) is 18.0. The second kappa shape index (κ2) is 9.92. The van der Waals surface area contributed by atoms with Crippen LogP contribution in [0.1, 0.15) is 39.3 Å². The van der Waals surface area contributed by atoms with E-state index in [1.807, 2.05) is 24.3 Å². The van der Waals surface area contributed by atoms with Gasteiger partial charge in [0.2, 0.25) is 0 Å².